The molecule has 162 valence electrons. The van der Waals surface area contributed by atoms with Gasteiger partial charge >= 0.3 is 0 Å². The highest BCUT2D eigenvalue weighted by Crippen LogP contribution is 2.39. The van der Waals surface area contributed by atoms with Crippen molar-refractivity contribution in [1.29, 1.82) is 0 Å². The van der Waals surface area contributed by atoms with Gasteiger partial charge < -0.3 is 25.2 Å². The van der Waals surface area contributed by atoms with Crippen molar-refractivity contribution in [3.63, 3.8) is 0 Å². The third-order valence-corrected chi connectivity index (χ3v) is 6.83. The molecule has 2 aromatic carbocycles. The average molecular weight is 433 g/mol. The molecule has 1 fully saturated rings. The predicted molar refractivity (Wildman–Crippen MR) is 115 cm³/mol. The molecule has 4 N–H and O–H groups in total. The quantitative estimate of drug-likeness (QED) is 0.596. The number of aliphatic hydroxyl groups excluding tert-OH is 4. The number of aliphatic hydroxyl groups is 4. The van der Waals surface area contributed by atoms with Crippen molar-refractivity contribution in [3.05, 3.63) is 68.7 Å². The first-order chi connectivity index (χ1) is 14.4. The fourth-order valence-electron chi connectivity index (χ4n) is 4.86. The van der Waals surface area contributed by atoms with Gasteiger partial charge in [-0.3, -0.25) is 0 Å². The maximum atomic E-state index is 10.7. The Labute approximate surface area is 181 Å². The van der Waals surface area contributed by atoms with Crippen LogP contribution >= 0.6 is 11.6 Å². The lowest BCUT2D eigenvalue weighted by Gasteiger charge is -2.41. The summed E-state index contributed by atoms with van der Waals surface area (Å²) < 4.78 is 5.88. The molecule has 2 aromatic rings. The molecule has 1 aliphatic carbocycles. The topological polar surface area (TPSA) is 90.2 Å². The molecule has 30 heavy (non-hydrogen) atoms. The Kier molecular flexibility index (Phi) is 6.49. The molecule has 0 radical (unpaired) electrons. The summed E-state index contributed by atoms with van der Waals surface area (Å²) in [7, 11) is 0. The molecule has 0 bridgehead atoms. The highest BCUT2D eigenvalue weighted by Gasteiger charge is 2.44. The second kappa shape index (κ2) is 8.95. The number of halogens is 1. The summed E-state index contributed by atoms with van der Waals surface area (Å²) in [6, 6.07) is 9.88. The van der Waals surface area contributed by atoms with E-state index in [0.29, 0.717) is 5.02 Å². The summed E-state index contributed by atoms with van der Waals surface area (Å²) in [5, 5.41) is 41.4. The number of benzene rings is 2. The zero-order chi connectivity index (χ0) is 21.4. The molecule has 0 saturated carbocycles. The van der Waals surface area contributed by atoms with E-state index in [0.717, 1.165) is 48.8 Å². The van der Waals surface area contributed by atoms with Crippen LogP contribution in [0.3, 0.4) is 0 Å². The molecule has 1 heterocycles. The summed E-state index contributed by atoms with van der Waals surface area (Å²) in [5.74, 6) is 0. The van der Waals surface area contributed by atoms with Crippen molar-refractivity contribution in [1.82, 2.24) is 0 Å². The van der Waals surface area contributed by atoms with E-state index >= 15 is 0 Å². The number of hydrogen-bond acceptors (Lipinski definition) is 5. The minimum atomic E-state index is -1.38. The van der Waals surface area contributed by atoms with Crippen molar-refractivity contribution in [3.8, 4) is 0 Å². The van der Waals surface area contributed by atoms with E-state index in [9.17, 15) is 20.4 Å². The van der Waals surface area contributed by atoms with Gasteiger partial charge in [-0.05, 0) is 84.5 Å². The Hall–Kier alpha value is -1.47. The smallest absolute Gasteiger partial charge is 0.113 e. The standard InChI is InChI=1S/C24H29ClO5/c1-13-17-4-2-3-5-18(17)15(10-14-6-8-16(25)9-7-14)11-19(13)24-23(29)22(28)21(27)20(12-26)30-24/h6-9,11,20-24,26-29H,2-5,10,12H2,1H3/t20-,21-,22+,23-,24+/m1/s1. The molecule has 6 heteroatoms. The minimum Gasteiger partial charge on any atom is -0.394 e. The largest absolute Gasteiger partial charge is 0.394 e. The summed E-state index contributed by atoms with van der Waals surface area (Å²) in [4.78, 5) is 0. The van der Waals surface area contributed by atoms with Crippen LogP contribution in [0.2, 0.25) is 5.02 Å². The lowest BCUT2D eigenvalue weighted by atomic mass is 9.79. The van der Waals surface area contributed by atoms with Gasteiger partial charge in [0.2, 0.25) is 0 Å². The van der Waals surface area contributed by atoms with E-state index in [1.807, 2.05) is 31.2 Å². The van der Waals surface area contributed by atoms with Crippen LogP contribution in [0.1, 0.15) is 52.3 Å². The lowest BCUT2D eigenvalue weighted by molar-refractivity contribution is -0.231. The Morgan fingerprint density at radius 3 is 2.30 bits per heavy atom. The molecule has 4 rings (SSSR count). The van der Waals surface area contributed by atoms with E-state index in [-0.39, 0.29) is 0 Å². The van der Waals surface area contributed by atoms with E-state index < -0.39 is 37.1 Å². The van der Waals surface area contributed by atoms with Gasteiger partial charge in [-0.25, -0.2) is 0 Å². The average Bonchev–Trinajstić information content (AvgIpc) is 2.76. The van der Waals surface area contributed by atoms with Gasteiger partial charge in [0.05, 0.1) is 6.61 Å². The van der Waals surface area contributed by atoms with Gasteiger partial charge in [-0.2, -0.15) is 0 Å². The van der Waals surface area contributed by atoms with Crippen molar-refractivity contribution >= 4 is 11.6 Å². The molecular weight excluding hydrogens is 404 g/mol. The maximum Gasteiger partial charge on any atom is 0.113 e. The number of rotatable bonds is 4. The Balaban J connectivity index is 1.77. The van der Waals surface area contributed by atoms with Crippen LogP contribution in [0.15, 0.2) is 30.3 Å². The fourth-order valence-corrected chi connectivity index (χ4v) is 4.99. The van der Waals surface area contributed by atoms with Crippen LogP contribution in [-0.4, -0.2) is 51.4 Å². The highest BCUT2D eigenvalue weighted by atomic mass is 35.5. The van der Waals surface area contributed by atoms with Crippen LogP contribution in [0.5, 0.6) is 0 Å². The summed E-state index contributed by atoms with van der Waals surface area (Å²) >= 11 is 6.04. The van der Waals surface area contributed by atoms with Gasteiger partial charge in [0.25, 0.3) is 0 Å². The molecular formula is C24H29ClO5. The molecule has 0 unspecified atom stereocenters. The van der Waals surface area contributed by atoms with Gasteiger partial charge in [-0.15, -0.1) is 0 Å². The van der Waals surface area contributed by atoms with Crippen LogP contribution in [0.25, 0.3) is 0 Å². The van der Waals surface area contributed by atoms with Crippen LogP contribution in [0, 0.1) is 6.92 Å². The Morgan fingerprint density at radius 2 is 1.63 bits per heavy atom. The predicted octanol–water partition coefficient (Wildman–Crippen LogP) is 2.63. The highest BCUT2D eigenvalue weighted by molar-refractivity contribution is 6.30. The Bertz CT molecular complexity index is 895. The van der Waals surface area contributed by atoms with Crippen LogP contribution in [0.4, 0.5) is 0 Å². The second-order valence-electron chi connectivity index (χ2n) is 8.47. The molecule has 0 amide bonds. The first-order valence-electron chi connectivity index (χ1n) is 10.6. The van der Waals surface area contributed by atoms with E-state index in [1.54, 1.807) is 0 Å². The van der Waals surface area contributed by atoms with Gasteiger partial charge in [0.1, 0.15) is 30.5 Å². The minimum absolute atomic E-state index is 0.428. The third kappa shape index (κ3) is 4.03. The monoisotopic (exact) mass is 432 g/mol. The first-order valence-corrected chi connectivity index (χ1v) is 11.0. The third-order valence-electron chi connectivity index (χ3n) is 6.58. The van der Waals surface area contributed by atoms with Crippen LogP contribution in [-0.2, 0) is 24.0 Å². The number of ether oxygens (including phenoxy) is 1. The van der Waals surface area contributed by atoms with Gasteiger partial charge in [0.15, 0.2) is 0 Å². The van der Waals surface area contributed by atoms with Crippen molar-refractivity contribution in [2.75, 3.05) is 6.61 Å². The molecule has 5 atom stereocenters. The van der Waals surface area contributed by atoms with Crippen molar-refractivity contribution in [2.45, 2.75) is 69.5 Å². The molecule has 1 aliphatic heterocycles. The normalized spacial score (nSPS) is 28.9. The zero-order valence-corrected chi connectivity index (χ0v) is 17.8. The first kappa shape index (κ1) is 21.8. The van der Waals surface area contributed by atoms with Gasteiger partial charge in [0, 0.05) is 5.02 Å². The van der Waals surface area contributed by atoms with Crippen LogP contribution < -0.4 is 0 Å². The van der Waals surface area contributed by atoms with E-state index in [2.05, 4.69) is 6.07 Å². The van der Waals surface area contributed by atoms with E-state index in [4.69, 9.17) is 16.3 Å². The second-order valence-corrected chi connectivity index (χ2v) is 8.90. The molecule has 5 nitrogen and oxygen atoms in total. The van der Waals surface area contributed by atoms with Crippen molar-refractivity contribution in [2.24, 2.45) is 0 Å². The maximum absolute atomic E-state index is 10.7. The fraction of sp³-hybridized carbons (Fsp3) is 0.500. The number of fused-ring (bicyclic) bond motifs is 1. The summed E-state index contributed by atoms with van der Waals surface area (Å²) in [5.41, 5.74) is 6.87. The SMILES string of the molecule is Cc1c([C@@H]2O[C@H](CO)[C@@H](O)[C@H](O)[C@H]2O)cc(Cc2ccc(Cl)cc2)c2c1CCCC2. The van der Waals surface area contributed by atoms with Gasteiger partial charge in [-0.1, -0.05) is 29.8 Å². The van der Waals surface area contributed by atoms with E-state index in [1.165, 1.54) is 16.7 Å². The zero-order valence-electron chi connectivity index (χ0n) is 17.1. The lowest BCUT2D eigenvalue weighted by Crippen LogP contribution is -2.55. The number of hydrogen-bond donors (Lipinski definition) is 4. The summed E-state index contributed by atoms with van der Waals surface area (Å²) in [6.07, 6.45) is -0.722. The molecule has 0 spiro atoms. The Morgan fingerprint density at radius 1 is 0.967 bits per heavy atom. The molecule has 0 aromatic heterocycles. The summed E-state index contributed by atoms with van der Waals surface area (Å²) in [6.45, 7) is 1.61. The van der Waals surface area contributed by atoms with Crippen molar-refractivity contribution < 1.29 is 25.2 Å². The molecule has 2 aliphatic rings. The molecule has 1 saturated heterocycles.